The number of unbranched alkanes of at least 4 members (excludes halogenated alkanes) is 5. The van der Waals surface area contributed by atoms with Gasteiger partial charge in [-0.2, -0.15) is 13.2 Å². The number of nitrogens with zero attached hydrogens (tertiary/aromatic N) is 2. The van der Waals surface area contributed by atoms with Gasteiger partial charge in [-0.25, -0.2) is 9.97 Å². The first kappa shape index (κ1) is 17.0. The zero-order valence-electron chi connectivity index (χ0n) is 11.4. The normalized spacial score (nSPS) is 11.7. The van der Waals surface area contributed by atoms with E-state index in [2.05, 4.69) is 22.2 Å². The SMILES string of the molecule is CCCCCCCCNc1cc(C(F)(F)F)nc(Cl)n1. The lowest BCUT2D eigenvalue weighted by Gasteiger charge is -2.09. The number of alkyl halides is 3. The Hall–Kier alpha value is -1.04. The third kappa shape index (κ3) is 6.41. The largest absolute Gasteiger partial charge is 0.433 e. The van der Waals surface area contributed by atoms with Crippen LogP contribution in [0.15, 0.2) is 6.07 Å². The van der Waals surface area contributed by atoms with Crippen molar-refractivity contribution >= 4 is 17.4 Å². The molecule has 0 radical (unpaired) electrons. The van der Waals surface area contributed by atoms with E-state index in [1.165, 1.54) is 19.3 Å². The van der Waals surface area contributed by atoms with Crippen LogP contribution in [0.3, 0.4) is 0 Å². The van der Waals surface area contributed by atoms with Crippen LogP contribution >= 0.6 is 11.6 Å². The van der Waals surface area contributed by atoms with Gasteiger partial charge in [0.1, 0.15) is 5.82 Å². The molecule has 114 valence electrons. The second kappa shape index (κ2) is 8.29. The summed E-state index contributed by atoms with van der Waals surface area (Å²) in [4.78, 5) is 6.91. The van der Waals surface area contributed by atoms with Crippen molar-refractivity contribution in [3.05, 3.63) is 17.0 Å². The fourth-order valence-electron chi connectivity index (χ4n) is 1.78. The van der Waals surface area contributed by atoms with Crippen LogP contribution in [-0.2, 0) is 6.18 Å². The van der Waals surface area contributed by atoms with Crippen LogP contribution < -0.4 is 5.32 Å². The van der Waals surface area contributed by atoms with Gasteiger partial charge >= 0.3 is 6.18 Å². The van der Waals surface area contributed by atoms with Gasteiger partial charge in [0.05, 0.1) is 0 Å². The first-order valence-corrected chi connectivity index (χ1v) is 7.17. The van der Waals surface area contributed by atoms with Gasteiger partial charge in [-0.05, 0) is 18.0 Å². The van der Waals surface area contributed by atoms with Crippen LogP contribution in [-0.4, -0.2) is 16.5 Å². The van der Waals surface area contributed by atoms with Crippen molar-refractivity contribution in [2.24, 2.45) is 0 Å². The lowest BCUT2D eigenvalue weighted by molar-refractivity contribution is -0.141. The highest BCUT2D eigenvalue weighted by molar-refractivity contribution is 6.28. The van der Waals surface area contributed by atoms with Gasteiger partial charge in [0.25, 0.3) is 0 Å². The quantitative estimate of drug-likeness (QED) is 0.547. The van der Waals surface area contributed by atoms with E-state index in [0.29, 0.717) is 6.54 Å². The maximum atomic E-state index is 12.5. The Kier molecular flexibility index (Phi) is 7.05. The Labute approximate surface area is 122 Å². The number of halogens is 4. The van der Waals surface area contributed by atoms with Crippen LogP contribution in [0, 0.1) is 0 Å². The minimum absolute atomic E-state index is 0.117. The van der Waals surface area contributed by atoms with Crippen molar-refractivity contribution in [3.8, 4) is 0 Å². The Morgan fingerprint density at radius 1 is 1.10 bits per heavy atom. The summed E-state index contributed by atoms with van der Waals surface area (Å²) in [5.41, 5.74) is -1.03. The predicted octanol–water partition coefficient (Wildman–Crippen LogP) is 4.92. The number of anilines is 1. The second-order valence-electron chi connectivity index (χ2n) is 4.60. The number of hydrogen-bond acceptors (Lipinski definition) is 3. The smallest absolute Gasteiger partial charge is 0.370 e. The van der Waals surface area contributed by atoms with Crippen molar-refractivity contribution in [3.63, 3.8) is 0 Å². The summed E-state index contributed by atoms with van der Waals surface area (Å²) in [6, 6.07) is 0.878. The summed E-state index contributed by atoms with van der Waals surface area (Å²) >= 11 is 5.49. The molecule has 0 aromatic carbocycles. The topological polar surface area (TPSA) is 37.8 Å². The van der Waals surface area contributed by atoms with Crippen molar-refractivity contribution in [2.75, 3.05) is 11.9 Å². The van der Waals surface area contributed by atoms with Crippen molar-refractivity contribution in [1.82, 2.24) is 9.97 Å². The summed E-state index contributed by atoms with van der Waals surface area (Å²) in [6.45, 7) is 2.73. The minimum atomic E-state index is -4.51. The van der Waals surface area contributed by atoms with E-state index in [0.717, 1.165) is 25.3 Å². The van der Waals surface area contributed by atoms with Crippen LogP contribution in [0.1, 0.15) is 51.1 Å². The second-order valence-corrected chi connectivity index (χ2v) is 4.94. The van der Waals surface area contributed by atoms with E-state index in [1.807, 2.05) is 0 Å². The molecule has 1 rings (SSSR count). The Bertz CT molecular complexity index is 410. The molecule has 1 aromatic rings. The average molecular weight is 310 g/mol. The zero-order chi connectivity index (χ0) is 15.0. The fraction of sp³-hybridized carbons (Fsp3) is 0.692. The summed E-state index contributed by atoms with van der Waals surface area (Å²) in [5, 5.41) is 2.46. The third-order valence-electron chi connectivity index (χ3n) is 2.83. The fourth-order valence-corrected chi connectivity index (χ4v) is 1.96. The van der Waals surface area contributed by atoms with Crippen molar-refractivity contribution in [2.45, 2.75) is 51.6 Å². The molecule has 0 aliphatic carbocycles. The highest BCUT2D eigenvalue weighted by Crippen LogP contribution is 2.29. The summed E-state index contributed by atoms with van der Waals surface area (Å²) in [5.74, 6) is 0.117. The van der Waals surface area contributed by atoms with Gasteiger partial charge in [0, 0.05) is 12.6 Å². The van der Waals surface area contributed by atoms with E-state index in [1.54, 1.807) is 0 Å². The number of aromatic nitrogens is 2. The molecule has 0 fully saturated rings. The van der Waals surface area contributed by atoms with Crippen molar-refractivity contribution < 1.29 is 13.2 Å². The van der Waals surface area contributed by atoms with Crippen LogP contribution in [0.4, 0.5) is 19.0 Å². The molecule has 1 aromatic heterocycles. The standard InChI is InChI=1S/C13H19ClF3N3/c1-2-3-4-5-6-7-8-18-11-9-10(13(15,16)17)19-12(14)20-11/h9H,2-8H2,1H3,(H,18,19,20). The third-order valence-corrected chi connectivity index (χ3v) is 2.99. The molecule has 7 heteroatoms. The van der Waals surface area contributed by atoms with Gasteiger partial charge < -0.3 is 5.32 Å². The number of nitrogens with one attached hydrogen (secondary N) is 1. The van der Waals surface area contributed by atoms with E-state index >= 15 is 0 Å². The molecule has 3 nitrogen and oxygen atoms in total. The molecule has 0 spiro atoms. The van der Waals surface area contributed by atoms with E-state index < -0.39 is 17.2 Å². The summed E-state index contributed by atoms with van der Waals surface area (Å²) < 4.78 is 37.6. The molecule has 0 saturated heterocycles. The Morgan fingerprint density at radius 3 is 2.40 bits per heavy atom. The Balaban J connectivity index is 2.39. The number of rotatable bonds is 8. The lowest BCUT2D eigenvalue weighted by atomic mass is 10.1. The first-order chi connectivity index (χ1) is 9.43. The molecule has 0 bridgehead atoms. The van der Waals surface area contributed by atoms with E-state index in [9.17, 15) is 13.2 Å². The molecule has 0 atom stereocenters. The van der Waals surface area contributed by atoms with Gasteiger partial charge in [-0.1, -0.05) is 39.0 Å². The molecule has 0 amide bonds. The van der Waals surface area contributed by atoms with Crippen LogP contribution in [0.5, 0.6) is 0 Å². The molecule has 0 unspecified atom stereocenters. The molecule has 0 saturated carbocycles. The van der Waals surface area contributed by atoms with Crippen LogP contribution in [0.25, 0.3) is 0 Å². The highest BCUT2D eigenvalue weighted by Gasteiger charge is 2.33. The molecular formula is C13H19ClF3N3. The molecule has 20 heavy (non-hydrogen) atoms. The van der Waals surface area contributed by atoms with Crippen LogP contribution in [0.2, 0.25) is 5.28 Å². The molecule has 1 N–H and O–H groups in total. The highest BCUT2D eigenvalue weighted by atomic mass is 35.5. The molecular weight excluding hydrogens is 291 g/mol. The molecule has 0 aliphatic heterocycles. The van der Waals surface area contributed by atoms with Crippen molar-refractivity contribution in [1.29, 1.82) is 0 Å². The minimum Gasteiger partial charge on any atom is -0.370 e. The Morgan fingerprint density at radius 2 is 1.75 bits per heavy atom. The van der Waals surface area contributed by atoms with Gasteiger partial charge in [-0.3, -0.25) is 0 Å². The van der Waals surface area contributed by atoms with Gasteiger partial charge in [-0.15, -0.1) is 0 Å². The van der Waals surface area contributed by atoms with E-state index in [4.69, 9.17) is 11.6 Å². The molecule has 1 heterocycles. The maximum absolute atomic E-state index is 12.5. The van der Waals surface area contributed by atoms with Gasteiger partial charge in [0.15, 0.2) is 5.69 Å². The number of hydrogen-bond donors (Lipinski definition) is 1. The lowest BCUT2D eigenvalue weighted by Crippen LogP contribution is -2.11. The van der Waals surface area contributed by atoms with E-state index in [-0.39, 0.29) is 5.82 Å². The first-order valence-electron chi connectivity index (χ1n) is 6.79. The maximum Gasteiger partial charge on any atom is 0.433 e. The summed E-state index contributed by atoms with van der Waals surface area (Å²) in [7, 11) is 0. The zero-order valence-corrected chi connectivity index (χ0v) is 12.2. The van der Waals surface area contributed by atoms with Gasteiger partial charge in [0.2, 0.25) is 5.28 Å². The summed E-state index contributed by atoms with van der Waals surface area (Å²) in [6.07, 6.45) is 2.21. The predicted molar refractivity (Wildman–Crippen MR) is 73.9 cm³/mol. The monoisotopic (exact) mass is 309 g/mol. The average Bonchev–Trinajstić information content (AvgIpc) is 2.36. The molecule has 0 aliphatic rings.